The lowest BCUT2D eigenvalue weighted by atomic mass is 9.74. The minimum Gasteiger partial charge on any atom is -0.393 e. The molecule has 4 heteroatoms. The van der Waals surface area contributed by atoms with Crippen LogP contribution in [0.4, 0.5) is 0 Å². The van der Waals surface area contributed by atoms with Crippen LogP contribution >= 0.6 is 0 Å². The van der Waals surface area contributed by atoms with Crippen LogP contribution < -0.4 is 5.73 Å². The number of hydrogen-bond acceptors (Lipinski definition) is 4. The van der Waals surface area contributed by atoms with Crippen molar-refractivity contribution in [2.45, 2.75) is 63.2 Å². The van der Waals surface area contributed by atoms with E-state index < -0.39 is 12.2 Å². The first-order valence-corrected chi connectivity index (χ1v) is 6.73. The van der Waals surface area contributed by atoms with Crippen LogP contribution in [0.5, 0.6) is 0 Å². The first-order chi connectivity index (χ1) is 8.08. The molecule has 0 aromatic heterocycles. The summed E-state index contributed by atoms with van der Waals surface area (Å²) >= 11 is 0. The Morgan fingerprint density at radius 2 is 1.65 bits per heavy atom. The molecule has 98 valence electrons. The number of carbonyl (C=O) groups is 1. The average Bonchev–Trinajstić information content (AvgIpc) is 2.29. The summed E-state index contributed by atoms with van der Waals surface area (Å²) in [5.41, 5.74) is 5.83. The maximum Gasteiger partial charge on any atom is 0.141 e. The van der Waals surface area contributed by atoms with Gasteiger partial charge in [0.15, 0.2) is 0 Å². The normalized spacial score (nSPS) is 43.4. The van der Waals surface area contributed by atoms with Crippen molar-refractivity contribution in [3.63, 3.8) is 0 Å². The fourth-order valence-corrected chi connectivity index (χ4v) is 3.16. The first kappa shape index (κ1) is 13.0. The molecule has 4 N–H and O–H groups in total. The quantitative estimate of drug-likeness (QED) is 0.661. The van der Waals surface area contributed by atoms with E-state index in [9.17, 15) is 15.0 Å². The summed E-state index contributed by atoms with van der Waals surface area (Å²) in [7, 11) is 0. The Hall–Kier alpha value is -0.450. The van der Waals surface area contributed by atoms with E-state index in [-0.39, 0.29) is 23.7 Å². The largest absolute Gasteiger partial charge is 0.393 e. The van der Waals surface area contributed by atoms with Crippen LogP contribution in [0.2, 0.25) is 0 Å². The molecule has 2 rings (SSSR count). The minimum atomic E-state index is -0.651. The topological polar surface area (TPSA) is 83.6 Å². The zero-order valence-corrected chi connectivity index (χ0v) is 10.2. The van der Waals surface area contributed by atoms with E-state index in [4.69, 9.17) is 5.73 Å². The molecule has 3 atom stereocenters. The van der Waals surface area contributed by atoms with Gasteiger partial charge in [0.05, 0.1) is 12.2 Å². The van der Waals surface area contributed by atoms with E-state index in [0.29, 0.717) is 19.3 Å². The van der Waals surface area contributed by atoms with Gasteiger partial charge in [0.2, 0.25) is 0 Å². The molecule has 0 saturated heterocycles. The number of hydrogen-bond donors (Lipinski definition) is 3. The number of ketones is 1. The molecule has 0 aromatic carbocycles. The van der Waals surface area contributed by atoms with Gasteiger partial charge in [-0.3, -0.25) is 4.79 Å². The Kier molecular flexibility index (Phi) is 4.17. The molecule has 2 fully saturated rings. The lowest BCUT2D eigenvalue weighted by Crippen LogP contribution is -2.41. The molecule has 0 heterocycles. The predicted octanol–water partition coefficient (Wildman–Crippen LogP) is 0.595. The van der Waals surface area contributed by atoms with E-state index in [2.05, 4.69) is 0 Å². The highest BCUT2D eigenvalue weighted by Crippen LogP contribution is 2.32. The lowest BCUT2D eigenvalue weighted by Gasteiger charge is -2.34. The lowest BCUT2D eigenvalue weighted by molar-refractivity contribution is -0.134. The van der Waals surface area contributed by atoms with Crippen molar-refractivity contribution < 1.29 is 15.0 Å². The van der Waals surface area contributed by atoms with Gasteiger partial charge < -0.3 is 15.9 Å². The van der Waals surface area contributed by atoms with Crippen LogP contribution in [-0.2, 0) is 4.79 Å². The summed E-state index contributed by atoms with van der Waals surface area (Å²) in [6.07, 6.45) is 4.10. The summed E-state index contributed by atoms with van der Waals surface area (Å²) in [5, 5.41) is 19.3. The number of Topliss-reactive ketones (excluding diaryl/α,β-unsaturated/α-hetero) is 1. The highest BCUT2D eigenvalue weighted by Gasteiger charge is 2.37. The van der Waals surface area contributed by atoms with Crippen molar-refractivity contribution in [2.75, 3.05) is 0 Å². The van der Waals surface area contributed by atoms with Gasteiger partial charge in [-0.25, -0.2) is 0 Å². The van der Waals surface area contributed by atoms with Gasteiger partial charge in [0, 0.05) is 17.9 Å². The molecule has 0 amide bonds. The number of rotatable bonds is 2. The maximum atomic E-state index is 12.3. The van der Waals surface area contributed by atoms with Crippen molar-refractivity contribution in [2.24, 2.45) is 17.6 Å². The van der Waals surface area contributed by atoms with Crippen molar-refractivity contribution in [1.82, 2.24) is 0 Å². The third-order valence-corrected chi connectivity index (χ3v) is 4.33. The first-order valence-electron chi connectivity index (χ1n) is 6.73. The highest BCUT2D eigenvalue weighted by atomic mass is 16.3. The van der Waals surface area contributed by atoms with E-state index >= 15 is 0 Å². The molecular weight excluding hydrogens is 218 g/mol. The molecule has 0 spiro atoms. The summed E-state index contributed by atoms with van der Waals surface area (Å²) < 4.78 is 0. The van der Waals surface area contributed by atoms with Crippen molar-refractivity contribution in [3.8, 4) is 0 Å². The molecular formula is C13H23NO3. The number of carbonyl (C=O) groups excluding carboxylic acids is 1. The number of nitrogens with two attached hydrogens (primary N) is 1. The summed E-state index contributed by atoms with van der Waals surface area (Å²) in [6.45, 7) is 0. The zero-order chi connectivity index (χ0) is 12.4. The van der Waals surface area contributed by atoms with Gasteiger partial charge in [0.1, 0.15) is 5.78 Å². The minimum absolute atomic E-state index is 0.0877. The molecule has 17 heavy (non-hydrogen) atoms. The molecule has 2 aliphatic carbocycles. The average molecular weight is 241 g/mol. The van der Waals surface area contributed by atoms with E-state index in [0.717, 1.165) is 25.7 Å². The van der Waals surface area contributed by atoms with E-state index in [1.54, 1.807) is 0 Å². The smallest absolute Gasteiger partial charge is 0.141 e. The Labute approximate surface area is 102 Å². The highest BCUT2D eigenvalue weighted by molar-refractivity contribution is 5.84. The van der Waals surface area contributed by atoms with Crippen molar-refractivity contribution >= 4 is 5.78 Å². The Bertz CT molecular complexity index is 274. The van der Waals surface area contributed by atoms with Crippen LogP contribution in [0.3, 0.4) is 0 Å². The fraction of sp³-hybridized carbons (Fsp3) is 0.923. The van der Waals surface area contributed by atoms with Crippen LogP contribution in [0.15, 0.2) is 0 Å². The monoisotopic (exact) mass is 241 g/mol. The molecule has 0 unspecified atom stereocenters. The van der Waals surface area contributed by atoms with E-state index in [1.165, 1.54) is 0 Å². The molecule has 0 aromatic rings. The van der Waals surface area contributed by atoms with Gasteiger partial charge in [-0.05, 0) is 44.9 Å². The Morgan fingerprint density at radius 1 is 1.00 bits per heavy atom. The maximum absolute atomic E-state index is 12.3. The van der Waals surface area contributed by atoms with Crippen LogP contribution in [0.1, 0.15) is 44.9 Å². The molecule has 2 aliphatic rings. The second-order valence-electron chi connectivity index (χ2n) is 5.65. The van der Waals surface area contributed by atoms with Gasteiger partial charge in [-0.1, -0.05) is 0 Å². The third-order valence-electron chi connectivity index (χ3n) is 4.33. The van der Waals surface area contributed by atoms with Gasteiger partial charge in [0.25, 0.3) is 0 Å². The summed E-state index contributed by atoms with van der Waals surface area (Å²) in [6, 6.07) is 0.247. The second kappa shape index (κ2) is 5.46. The predicted molar refractivity (Wildman–Crippen MR) is 64.3 cm³/mol. The standard InChI is InChI=1S/C13H23NO3/c14-9-3-1-8(2-4-9)13(17)11-6-5-10(15)7-12(11)16/h8-12,15-16H,1-7,14H2/t8?,9?,10-,11-,12-/m0/s1. The SMILES string of the molecule is NC1CCC(C(=O)[C@H]2CC[C@H](O)C[C@@H]2O)CC1. The Balaban J connectivity index is 1.91. The molecule has 0 radical (unpaired) electrons. The molecule has 0 aliphatic heterocycles. The van der Waals surface area contributed by atoms with Crippen LogP contribution in [-0.4, -0.2) is 34.2 Å². The number of aliphatic hydroxyl groups is 2. The second-order valence-corrected chi connectivity index (χ2v) is 5.65. The van der Waals surface area contributed by atoms with Gasteiger partial charge in [-0.15, -0.1) is 0 Å². The van der Waals surface area contributed by atoms with E-state index in [1.807, 2.05) is 0 Å². The van der Waals surface area contributed by atoms with Crippen molar-refractivity contribution in [3.05, 3.63) is 0 Å². The third kappa shape index (κ3) is 3.06. The Morgan fingerprint density at radius 3 is 2.24 bits per heavy atom. The zero-order valence-electron chi connectivity index (χ0n) is 10.2. The van der Waals surface area contributed by atoms with Crippen LogP contribution in [0, 0.1) is 11.8 Å². The van der Waals surface area contributed by atoms with Gasteiger partial charge in [-0.2, -0.15) is 0 Å². The summed E-state index contributed by atoms with van der Waals surface area (Å²) in [4.78, 5) is 12.3. The van der Waals surface area contributed by atoms with Gasteiger partial charge >= 0.3 is 0 Å². The summed E-state index contributed by atoms with van der Waals surface area (Å²) in [5.74, 6) is 0.0405. The van der Waals surface area contributed by atoms with Crippen molar-refractivity contribution in [1.29, 1.82) is 0 Å². The molecule has 4 nitrogen and oxygen atoms in total. The fourth-order valence-electron chi connectivity index (χ4n) is 3.16. The van der Waals surface area contributed by atoms with Crippen LogP contribution in [0.25, 0.3) is 0 Å². The molecule has 2 saturated carbocycles. The number of aliphatic hydroxyl groups excluding tert-OH is 2. The molecule has 0 bridgehead atoms.